The number of tetrazole rings is 1. The molecule has 1 aromatic carbocycles. The molecule has 0 aliphatic carbocycles. The van der Waals surface area contributed by atoms with E-state index >= 15 is 0 Å². The topological polar surface area (TPSA) is 84.1 Å². The molecule has 110 valence electrons. The maximum absolute atomic E-state index is 12.5. The van der Waals surface area contributed by atoms with Gasteiger partial charge in [-0.15, -0.1) is 5.10 Å². The molecule has 0 bridgehead atoms. The van der Waals surface area contributed by atoms with E-state index in [2.05, 4.69) is 15.5 Å². The number of rotatable bonds is 3. The quantitative estimate of drug-likeness (QED) is 0.896. The first-order valence-corrected chi connectivity index (χ1v) is 7.05. The molecule has 1 aliphatic heterocycles. The summed E-state index contributed by atoms with van der Waals surface area (Å²) >= 11 is 0. The lowest BCUT2D eigenvalue weighted by atomic mass is 10.0. The summed E-state index contributed by atoms with van der Waals surface area (Å²) in [5.74, 6) is -0.0305. The minimum absolute atomic E-state index is 0.0223. The van der Waals surface area contributed by atoms with Crippen LogP contribution in [-0.4, -0.2) is 55.3 Å². The van der Waals surface area contributed by atoms with Crippen molar-refractivity contribution in [2.24, 2.45) is 0 Å². The van der Waals surface area contributed by atoms with Crippen LogP contribution in [0.4, 0.5) is 0 Å². The van der Waals surface area contributed by atoms with E-state index in [-0.39, 0.29) is 18.6 Å². The van der Waals surface area contributed by atoms with Gasteiger partial charge in [0.05, 0.1) is 18.3 Å². The molecule has 0 radical (unpaired) electrons. The number of carbonyl (C=O) groups is 1. The monoisotopic (exact) mass is 287 g/mol. The highest BCUT2D eigenvalue weighted by Crippen LogP contribution is 2.20. The van der Waals surface area contributed by atoms with Crippen molar-refractivity contribution in [3.05, 3.63) is 36.2 Å². The number of hydrogen-bond acceptors (Lipinski definition) is 5. The Morgan fingerprint density at radius 1 is 1.29 bits per heavy atom. The van der Waals surface area contributed by atoms with Crippen molar-refractivity contribution in [1.29, 1.82) is 0 Å². The zero-order chi connectivity index (χ0) is 14.7. The summed E-state index contributed by atoms with van der Waals surface area (Å²) < 4.78 is 1.53. The normalized spacial score (nSPS) is 18.7. The van der Waals surface area contributed by atoms with Crippen molar-refractivity contribution in [3.63, 3.8) is 0 Å². The molecule has 21 heavy (non-hydrogen) atoms. The molecule has 1 aliphatic rings. The zero-order valence-electron chi connectivity index (χ0n) is 11.6. The Kier molecular flexibility index (Phi) is 3.92. The van der Waals surface area contributed by atoms with Gasteiger partial charge >= 0.3 is 0 Å². The van der Waals surface area contributed by atoms with Crippen LogP contribution in [-0.2, 0) is 0 Å². The summed E-state index contributed by atoms with van der Waals surface area (Å²) in [7, 11) is 0. The van der Waals surface area contributed by atoms with Gasteiger partial charge in [0.1, 0.15) is 6.33 Å². The number of aliphatic hydroxyl groups excluding tert-OH is 1. The lowest BCUT2D eigenvalue weighted by Crippen LogP contribution is -2.45. The third-order valence-electron chi connectivity index (χ3n) is 3.83. The third kappa shape index (κ3) is 2.78. The Balaban J connectivity index is 1.78. The van der Waals surface area contributed by atoms with Gasteiger partial charge in [-0.05, 0) is 54.0 Å². The van der Waals surface area contributed by atoms with Crippen LogP contribution in [0, 0.1) is 0 Å². The van der Waals surface area contributed by atoms with E-state index < -0.39 is 0 Å². The first-order valence-electron chi connectivity index (χ1n) is 7.05. The van der Waals surface area contributed by atoms with Crippen molar-refractivity contribution in [2.75, 3.05) is 13.2 Å². The molecule has 0 spiro atoms. The summed E-state index contributed by atoms with van der Waals surface area (Å²) in [4.78, 5) is 14.3. The van der Waals surface area contributed by atoms with E-state index in [0.29, 0.717) is 12.1 Å². The molecule has 1 fully saturated rings. The molecule has 0 saturated carbocycles. The molecule has 1 amide bonds. The molecular formula is C14H17N5O2. The Labute approximate surface area is 122 Å². The van der Waals surface area contributed by atoms with Crippen molar-refractivity contribution in [2.45, 2.75) is 25.3 Å². The van der Waals surface area contributed by atoms with Gasteiger partial charge in [0.2, 0.25) is 0 Å². The number of aliphatic hydroxyl groups is 1. The summed E-state index contributed by atoms with van der Waals surface area (Å²) in [6, 6.07) is 7.08. The predicted molar refractivity (Wildman–Crippen MR) is 74.9 cm³/mol. The maximum atomic E-state index is 12.5. The average Bonchev–Trinajstić information content (AvgIpc) is 3.09. The fourth-order valence-electron chi connectivity index (χ4n) is 2.66. The first-order chi connectivity index (χ1) is 10.3. The molecule has 2 heterocycles. The van der Waals surface area contributed by atoms with Gasteiger partial charge in [0.25, 0.3) is 5.91 Å². The van der Waals surface area contributed by atoms with Gasteiger partial charge in [-0.2, -0.15) is 0 Å². The van der Waals surface area contributed by atoms with Crippen LogP contribution >= 0.6 is 0 Å². The van der Waals surface area contributed by atoms with E-state index in [1.165, 1.54) is 11.0 Å². The summed E-state index contributed by atoms with van der Waals surface area (Å²) in [6.07, 6.45) is 4.42. The van der Waals surface area contributed by atoms with Crippen LogP contribution in [0.2, 0.25) is 0 Å². The van der Waals surface area contributed by atoms with Gasteiger partial charge in [-0.25, -0.2) is 4.68 Å². The van der Waals surface area contributed by atoms with Gasteiger partial charge in [-0.1, -0.05) is 0 Å². The number of hydrogen-bond donors (Lipinski definition) is 1. The van der Waals surface area contributed by atoms with Crippen LogP contribution in [0.1, 0.15) is 29.6 Å². The molecule has 1 aromatic heterocycles. The van der Waals surface area contributed by atoms with Crippen molar-refractivity contribution in [1.82, 2.24) is 25.1 Å². The van der Waals surface area contributed by atoms with Crippen LogP contribution in [0.15, 0.2) is 30.6 Å². The number of likely N-dealkylation sites (tertiary alicyclic amines) is 1. The second-order valence-electron chi connectivity index (χ2n) is 5.13. The van der Waals surface area contributed by atoms with E-state index in [4.69, 9.17) is 0 Å². The summed E-state index contributed by atoms with van der Waals surface area (Å²) in [5, 5.41) is 20.4. The molecular weight excluding hydrogens is 270 g/mol. The SMILES string of the molecule is O=C(c1ccc(-n2cnnn2)cc1)N1CCCCC1CO. The molecule has 7 heteroatoms. The number of amides is 1. The van der Waals surface area contributed by atoms with Gasteiger partial charge in [-0.3, -0.25) is 4.79 Å². The van der Waals surface area contributed by atoms with Crippen LogP contribution in [0.3, 0.4) is 0 Å². The molecule has 1 N–H and O–H groups in total. The highest BCUT2D eigenvalue weighted by Gasteiger charge is 2.26. The second-order valence-corrected chi connectivity index (χ2v) is 5.13. The van der Waals surface area contributed by atoms with Crippen molar-refractivity contribution in [3.8, 4) is 5.69 Å². The standard InChI is InChI=1S/C14H17N5O2/c20-9-13-3-1-2-8-18(13)14(21)11-4-6-12(7-5-11)19-10-15-16-17-19/h4-7,10,13,20H,1-3,8-9H2. The average molecular weight is 287 g/mol. The van der Waals surface area contributed by atoms with E-state index in [1.54, 1.807) is 17.0 Å². The predicted octanol–water partition coefficient (Wildman–Crippen LogP) is 0.649. The zero-order valence-corrected chi connectivity index (χ0v) is 11.6. The van der Waals surface area contributed by atoms with Crippen molar-refractivity contribution >= 4 is 5.91 Å². The molecule has 1 atom stereocenters. The summed E-state index contributed by atoms with van der Waals surface area (Å²) in [5.41, 5.74) is 1.42. The number of benzene rings is 1. The lowest BCUT2D eigenvalue weighted by Gasteiger charge is -2.34. The number of carbonyl (C=O) groups excluding carboxylic acids is 1. The molecule has 3 rings (SSSR count). The minimum Gasteiger partial charge on any atom is -0.394 e. The molecule has 7 nitrogen and oxygen atoms in total. The van der Waals surface area contributed by atoms with Gasteiger partial charge < -0.3 is 10.0 Å². The highest BCUT2D eigenvalue weighted by atomic mass is 16.3. The maximum Gasteiger partial charge on any atom is 0.254 e. The third-order valence-corrected chi connectivity index (χ3v) is 3.83. The smallest absolute Gasteiger partial charge is 0.254 e. The number of aromatic nitrogens is 4. The fraction of sp³-hybridized carbons (Fsp3) is 0.429. The Morgan fingerprint density at radius 3 is 2.76 bits per heavy atom. The number of nitrogens with zero attached hydrogens (tertiary/aromatic N) is 5. The molecule has 1 saturated heterocycles. The number of piperidine rings is 1. The van der Waals surface area contributed by atoms with E-state index in [1.807, 2.05) is 12.1 Å². The van der Waals surface area contributed by atoms with Crippen LogP contribution in [0.25, 0.3) is 5.69 Å². The summed E-state index contributed by atoms with van der Waals surface area (Å²) in [6.45, 7) is 0.729. The molecule has 1 unspecified atom stereocenters. The second kappa shape index (κ2) is 6.01. The minimum atomic E-state index is -0.0644. The van der Waals surface area contributed by atoms with E-state index in [0.717, 1.165) is 24.9 Å². The van der Waals surface area contributed by atoms with E-state index in [9.17, 15) is 9.90 Å². The first kappa shape index (κ1) is 13.7. The Bertz CT molecular complexity index is 596. The lowest BCUT2D eigenvalue weighted by molar-refractivity contribution is 0.0503. The van der Waals surface area contributed by atoms with Gasteiger partial charge in [0.15, 0.2) is 0 Å². The fourth-order valence-corrected chi connectivity index (χ4v) is 2.66. The highest BCUT2D eigenvalue weighted by molar-refractivity contribution is 5.94. The van der Waals surface area contributed by atoms with Crippen LogP contribution in [0.5, 0.6) is 0 Å². The Morgan fingerprint density at radius 2 is 2.10 bits per heavy atom. The van der Waals surface area contributed by atoms with Crippen molar-refractivity contribution < 1.29 is 9.90 Å². The van der Waals surface area contributed by atoms with Crippen LogP contribution < -0.4 is 0 Å². The Hall–Kier alpha value is -2.28. The molecule has 2 aromatic rings. The van der Waals surface area contributed by atoms with Gasteiger partial charge in [0, 0.05) is 12.1 Å². The largest absolute Gasteiger partial charge is 0.394 e.